The van der Waals surface area contributed by atoms with Crippen LogP contribution in [0.2, 0.25) is 0 Å². The van der Waals surface area contributed by atoms with E-state index < -0.39 is 6.01 Å². The predicted molar refractivity (Wildman–Crippen MR) is 69.7 cm³/mol. The first-order valence-electron chi connectivity index (χ1n) is 5.04. The fraction of sp³-hybridized carbons (Fsp3) is 0.182. The Labute approximate surface area is 116 Å². The Hall–Kier alpha value is -1.21. The third-order valence-corrected chi connectivity index (χ3v) is 3.75. The van der Waals surface area contributed by atoms with Gasteiger partial charge in [0.2, 0.25) is 5.88 Å². The smallest absolute Gasteiger partial charge is 0.236 e. The highest BCUT2D eigenvalue weighted by Gasteiger charge is 2.09. The van der Waals surface area contributed by atoms with Crippen molar-refractivity contribution < 1.29 is 14.3 Å². The minimum absolute atomic E-state index is 0.251. The molecular formula is C11H10BrFN2O2S. The number of halogens is 2. The molecule has 0 radical (unpaired) electrons. The van der Waals surface area contributed by atoms with Crippen molar-refractivity contribution >= 4 is 27.7 Å². The number of benzene rings is 1. The molecule has 4 nitrogen and oxygen atoms in total. The third kappa shape index (κ3) is 3.17. The molecule has 0 spiro atoms. The maximum atomic E-state index is 12.4. The van der Waals surface area contributed by atoms with Crippen LogP contribution in [0.3, 0.4) is 0 Å². The molecule has 1 N–H and O–H groups in total. The average Bonchev–Trinajstić information content (AvgIpc) is 2.75. The second-order valence-electron chi connectivity index (χ2n) is 3.33. The van der Waals surface area contributed by atoms with E-state index in [0.29, 0.717) is 10.7 Å². The summed E-state index contributed by atoms with van der Waals surface area (Å²) >= 11 is 4.51. The molecule has 0 saturated carbocycles. The van der Waals surface area contributed by atoms with Crippen LogP contribution in [0.4, 0.5) is 4.39 Å². The minimum Gasteiger partial charge on any atom is -0.472 e. The van der Waals surface area contributed by atoms with Crippen LogP contribution >= 0.6 is 27.7 Å². The van der Waals surface area contributed by atoms with Crippen molar-refractivity contribution in [2.24, 2.45) is 0 Å². The third-order valence-electron chi connectivity index (χ3n) is 2.20. The van der Waals surface area contributed by atoms with Crippen LogP contribution in [0.5, 0.6) is 5.88 Å². The molecule has 0 bridgehead atoms. The van der Waals surface area contributed by atoms with Crippen molar-refractivity contribution in [3.8, 4) is 5.88 Å². The number of rotatable bonds is 5. The molecule has 0 aliphatic carbocycles. The van der Waals surface area contributed by atoms with E-state index in [1.54, 1.807) is 6.07 Å². The first-order chi connectivity index (χ1) is 8.70. The lowest BCUT2D eigenvalue weighted by Crippen LogP contribution is -2.00. The Morgan fingerprint density at radius 3 is 2.94 bits per heavy atom. The molecule has 0 atom stereocenters. The Bertz CT molecular complexity index is 536. The highest BCUT2D eigenvalue weighted by molar-refractivity contribution is 9.10. The van der Waals surface area contributed by atoms with Gasteiger partial charge in [-0.05, 0) is 12.1 Å². The number of ether oxygens (including phenoxy) is 1. The number of hydrogen-bond donors (Lipinski definition) is 1. The zero-order chi connectivity index (χ0) is 13.0. The van der Waals surface area contributed by atoms with Crippen LogP contribution in [-0.2, 0) is 6.61 Å². The summed E-state index contributed by atoms with van der Waals surface area (Å²) in [4.78, 5) is 1.49. The number of nitrogens with zero attached hydrogens (tertiary/aromatic N) is 2. The van der Waals surface area contributed by atoms with Crippen molar-refractivity contribution in [2.45, 2.75) is 11.5 Å². The molecule has 0 aliphatic heterocycles. The van der Waals surface area contributed by atoms with Gasteiger partial charge in [-0.1, -0.05) is 38.9 Å². The van der Waals surface area contributed by atoms with E-state index in [4.69, 9.17) is 9.94 Å². The second-order valence-corrected chi connectivity index (χ2v) is 5.13. The van der Waals surface area contributed by atoms with Crippen LogP contribution in [0.25, 0.3) is 0 Å². The van der Waals surface area contributed by atoms with E-state index in [-0.39, 0.29) is 6.61 Å². The Morgan fingerprint density at radius 1 is 1.44 bits per heavy atom. The molecule has 7 heteroatoms. The monoisotopic (exact) mass is 332 g/mol. The van der Waals surface area contributed by atoms with Gasteiger partial charge in [0.15, 0.2) is 0 Å². The van der Waals surface area contributed by atoms with Crippen LogP contribution in [0.15, 0.2) is 39.8 Å². The summed E-state index contributed by atoms with van der Waals surface area (Å²) in [5.74, 6) is 0.310. The van der Waals surface area contributed by atoms with Gasteiger partial charge in [0, 0.05) is 21.0 Å². The van der Waals surface area contributed by atoms with Gasteiger partial charge >= 0.3 is 0 Å². The van der Waals surface area contributed by atoms with E-state index in [0.717, 1.165) is 26.7 Å². The SMILES string of the molecule is On1ccc(OCc2c(Br)cccc2SCF)n1. The van der Waals surface area contributed by atoms with Gasteiger partial charge in [-0.15, -0.1) is 4.85 Å². The van der Waals surface area contributed by atoms with E-state index in [1.165, 1.54) is 6.20 Å². The quantitative estimate of drug-likeness (QED) is 0.672. The van der Waals surface area contributed by atoms with Crippen LogP contribution in [0, 0.1) is 0 Å². The van der Waals surface area contributed by atoms with Crippen molar-refractivity contribution in [3.05, 3.63) is 40.5 Å². The minimum atomic E-state index is -0.491. The van der Waals surface area contributed by atoms with Crippen molar-refractivity contribution in [1.82, 2.24) is 9.94 Å². The molecule has 0 saturated heterocycles. The summed E-state index contributed by atoms with van der Waals surface area (Å²) < 4.78 is 18.7. The molecule has 2 aromatic rings. The van der Waals surface area contributed by atoms with Gasteiger partial charge in [0.1, 0.15) is 12.6 Å². The average molecular weight is 333 g/mol. The van der Waals surface area contributed by atoms with E-state index >= 15 is 0 Å². The summed E-state index contributed by atoms with van der Waals surface area (Å²) in [6.07, 6.45) is 1.37. The molecule has 1 aromatic carbocycles. The molecule has 96 valence electrons. The number of thioether (sulfide) groups is 1. The van der Waals surface area contributed by atoms with Gasteiger partial charge < -0.3 is 9.94 Å². The van der Waals surface area contributed by atoms with Gasteiger partial charge in [0.05, 0.1) is 6.20 Å². The first-order valence-corrected chi connectivity index (χ1v) is 6.82. The maximum absolute atomic E-state index is 12.4. The van der Waals surface area contributed by atoms with Gasteiger partial charge in [-0.2, -0.15) is 0 Å². The Kier molecular flexibility index (Phi) is 4.48. The van der Waals surface area contributed by atoms with Gasteiger partial charge in [-0.25, -0.2) is 4.39 Å². The standard InChI is InChI=1S/C11H10BrFN2O2S/c12-9-2-1-3-10(18-7-13)8(9)6-17-11-4-5-15(16)14-11/h1-5,16H,6-7H2. The maximum Gasteiger partial charge on any atom is 0.236 e. The summed E-state index contributed by atoms with van der Waals surface area (Å²) in [6.45, 7) is 0.251. The molecule has 2 rings (SSSR count). The number of aromatic nitrogens is 2. The lowest BCUT2D eigenvalue weighted by Gasteiger charge is -2.10. The number of hydrogen-bond acceptors (Lipinski definition) is 4. The molecule has 1 heterocycles. The van der Waals surface area contributed by atoms with Crippen LogP contribution in [-0.4, -0.2) is 21.2 Å². The fourth-order valence-corrected chi connectivity index (χ4v) is 2.64. The predicted octanol–water partition coefficient (Wildman–Crippen LogP) is 3.48. The van der Waals surface area contributed by atoms with Crippen molar-refractivity contribution in [3.63, 3.8) is 0 Å². The molecular weight excluding hydrogens is 323 g/mol. The van der Waals surface area contributed by atoms with Gasteiger partial charge in [-0.3, -0.25) is 0 Å². The molecule has 1 aromatic heterocycles. The van der Waals surface area contributed by atoms with Crippen molar-refractivity contribution in [2.75, 3.05) is 6.01 Å². The zero-order valence-corrected chi connectivity index (χ0v) is 11.6. The topological polar surface area (TPSA) is 47.3 Å². The van der Waals surface area contributed by atoms with Gasteiger partial charge in [0.25, 0.3) is 0 Å². The summed E-state index contributed by atoms with van der Waals surface area (Å²) in [5.41, 5.74) is 0.854. The van der Waals surface area contributed by atoms with E-state index in [1.807, 2.05) is 18.2 Å². The highest BCUT2D eigenvalue weighted by Crippen LogP contribution is 2.29. The lowest BCUT2D eigenvalue weighted by atomic mass is 10.2. The summed E-state index contributed by atoms with van der Waals surface area (Å²) in [7, 11) is 0. The van der Waals surface area contributed by atoms with Crippen LogP contribution < -0.4 is 4.74 Å². The largest absolute Gasteiger partial charge is 0.472 e. The molecule has 0 amide bonds. The van der Waals surface area contributed by atoms with E-state index in [9.17, 15) is 4.39 Å². The number of alkyl halides is 1. The summed E-state index contributed by atoms with van der Waals surface area (Å²) in [6, 6.07) is 6.59. The molecule has 0 unspecified atom stereocenters. The lowest BCUT2D eigenvalue weighted by molar-refractivity contribution is 0.141. The van der Waals surface area contributed by atoms with Crippen molar-refractivity contribution in [1.29, 1.82) is 0 Å². The molecule has 0 fully saturated rings. The Balaban J connectivity index is 2.12. The van der Waals surface area contributed by atoms with Crippen LogP contribution in [0.1, 0.15) is 5.56 Å². The zero-order valence-electron chi connectivity index (χ0n) is 9.22. The summed E-state index contributed by atoms with van der Waals surface area (Å²) in [5, 5.41) is 12.7. The Morgan fingerprint density at radius 2 is 2.28 bits per heavy atom. The first kappa shape index (κ1) is 13.2. The van der Waals surface area contributed by atoms with E-state index in [2.05, 4.69) is 21.0 Å². The molecule has 0 aliphatic rings. The molecule has 18 heavy (non-hydrogen) atoms. The fourth-order valence-electron chi connectivity index (χ4n) is 1.39. The normalized spacial score (nSPS) is 10.6. The second kappa shape index (κ2) is 6.10. The highest BCUT2D eigenvalue weighted by atomic mass is 79.9.